The number of nitrogens with two attached hydrogens (primary N) is 1. The van der Waals surface area contributed by atoms with Gasteiger partial charge in [-0.15, -0.1) is 0 Å². The molecule has 2 aromatic rings. The third-order valence-electron chi connectivity index (χ3n) is 5.61. The Kier molecular flexibility index (Phi) is 7.55. The van der Waals surface area contributed by atoms with Crippen molar-refractivity contribution in [3.8, 4) is 17.2 Å². The van der Waals surface area contributed by atoms with Crippen LogP contribution in [0.4, 0.5) is 0 Å². The largest absolute Gasteiger partial charge is 0.487 e. The summed E-state index contributed by atoms with van der Waals surface area (Å²) >= 11 is 0. The monoisotopic (exact) mass is 427 g/mol. The van der Waals surface area contributed by atoms with Gasteiger partial charge in [0.15, 0.2) is 11.5 Å². The maximum atomic E-state index is 12.7. The highest BCUT2D eigenvalue weighted by atomic mass is 16.6. The average Bonchev–Trinajstić information content (AvgIpc) is 2.75. The van der Waals surface area contributed by atoms with Gasteiger partial charge in [0.25, 0.3) is 0 Å². The number of esters is 2. The zero-order valence-corrected chi connectivity index (χ0v) is 18.8. The van der Waals surface area contributed by atoms with E-state index in [0.717, 1.165) is 43.1 Å². The fraction of sp³-hybridized carbons (Fsp3) is 0.520. The minimum absolute atomic E-state index is 0.243. The van der Waals surface area contributed by atoms with Crippen molar-refractivity contribution in [3.05, 3.63) is 29.8 Å². The number of hydrogen-bond acceptors (Lipinski definition) is 6. The van der Waals surface area contributed by atoms with Gasteiger partial charge in [0.05, 0.1) is 6.54 Å². The third-order valence-corrected chi connectivity index (χ3v) is 5.61. The van der Waals surface area contributed by atoms with Crippen molar-refractivity contribution in [1.29, 1.82) is 0 Å². The number of carbonyl (C=O) groups excluding carboxylic acids is 2. The second-order valence-electron chi connectivity index (χ2n) is 8.69. The molecular weight excluding hydrogens is 394 g/mol. The highest BCUT2D eigenvalue weighted by molar-refractivity contribution is 5.99. The molecule has 0 unspecified atom stereocenters. The van der Waals surface area contributed by atoms with E-state index in [1.165, 1.54) is 6.42 Å². The topological polar surface area (TPSA) is 87.9 Å². The van der Waals surface area contributed by atoms with Crippen molar-refractivity contribution in [2.75, 3.05) is 6.54 Å². The van der Waals surface area contributed by atoms with E-state index in [1.807, 2.05) is 38.1 Å². The lowest BCUT2D eigenvalue weighted by atomic mass is 9.91. The standard InChI is InChI=1S/C25H33NO5/c1-4-5-6-7-8-13-20(27)29-24-19-14-15-25(2,3)31-22(19)17-11-9-10-12-18(17)23(24)30-21(28)16-26/h9-12H,4-8,13-16,26H2,1-3H3. The lowest BCUT2D eigenvalue weighted by molar-refractivity contribution is -0.136. The first-order valence-corrected chi connectivity index (χ1v) is 11.2. The van der Waals surface area contributed by atoms with Crippen LogP contribution in [-0.4, -0.2) is 24.1 Å². The molecular formula is C25H33NO5. The molecule has 0 saturated carbocycles. The van der Waals surface area contributed by atoms with Gasteiger partial charge < -0.3 is 19.9 Å². The van der Waals surface area contributed by atoms with Crippen molar-refractivity contribution in [1.82, 2.24) is 0 Å². The van der Waals surface area contributed by atoms with Crippen LogP contribution < -0.4 is 19.9 Å². The van der Waals surface area contributed by atoms with Crippen molar-refractivity contribution in [3.63, 3.8) is 0 Å². The second-order valence-corrected chi connectivity index (χ2v) is 8.69. The van der Waals surface area contributed by atoms with Gasteiger partial charge in [0.2, 0.25) is 0 Å². The maximum absolute atomic E-state index is 12.7. The Balaban J connectivity index is 2.00. The van der Waals surface area contributed by atoms with Gasteiger partial charge in [0, 0.05) is 22.8 Å². The summed E-state index contributed by atoms with van der Waals surface area (Å²) in [6.07, 6.45) is 6.92. The predicted molar refractivity (Wildman–Crippen MR) is 121 cm³/mol. The number of hydrogen-bond donors (Lipinski definition) is 1. The van der Waals surface area contributed by atoms with Crippen LogP contribution in [0.2, 0.25) is 0 Å². The van der Waals surface area contributed by atoms with Gasteiger partial charge in [0.1, 0.15) is 11.4 Å². The second kappa shape index (κ2) is 10.1. The van der Waals surface area contributed by atoms with Crippen molar-refractivity contribution < 1.29 is 23.8 Å². The van der Waals surface area contributed by atoms with E-state index in [-0.39, 0.29) is 29.6 Å². The molecule has 31 heavy (non-hydrogen) atoms. The van der Waals surface area contributed by atoms with Crippen LogP contribution in [0.25, 0.3) is 10.8 Å². The molecule has 1 aliphatic heterocycles. The Hall–Kier alpha value is -2.60. The van der Waals surface area contributed by atoms with Crippen LogP contribution in [0.1, 0.15) is 71.3 Å². The molecule has 0 saturated heterocycles. The minimum Gasteiger partial charge on any atom is -0.487 e. The zero-order chi connectivity index (χ0) is 22.4. The highest BCUT2D eigenvalue weighted by Crippen LogP contribution is 2.50. The molecule has 1 aliphatic rings. The summed E-state index contributed by atoms with van der Waals surface area (Å²) in [4.78, 5) is 24.8. The van der Waals surface area contributed by atoms with Crippen LogP contribution in [0.3, 0.4) is 0 Å². The molecule has 3 rings (SSSR count). The van der Waals surface area contributed by atoms with Gasteiger partial charge in [-0.25, -0.2) is 0 Å². The summed E-state index contributed by atoms with van der Waals surface area (Å²) in [5.41, 5.74) is 5.91. The van der Waals surface area contributed by atoms with Gasteiger partial charge in [-0.05, 0) is 33.1 Å². The summed E-state index contributed by atoms with van der Waals surface area (Å²) in [5.74, 6) is 0.296. The summed E-state index contributed by atoms with van der Waals surface area (Å²) in [6, 6.07) is 7.52. The van der Waals surface area contributed by atoms with Gasteiger partial charge >= 0.3 is 11.9 Å². The van der Waals surface area contributed by atoms with Crippen molar-refractivity contribution in [2.45, 2.75) is 77.7 Å². The van der Waals surface area contributed by atoms with Gasteiger partial charge in [-0.2, -0.15) is 0 Å². The minimum atomic E-state index is -0.584. The maximum Gasteiger partial charge on any atom is 0.325 e. The Morgan fingerprint density at radius 1 is 1.00 bits per heavy atom. The molecule has 2 aromatic carbocycles. The normalized spacial score (nSPS) is 14.6. The summed E-state index contributed by atoms with van der Waals surface area (Å²) in [7, 11) is 0. The van der Waals surface area contributed by atoms with E-state index in [9.17, 15) is 9.59 Å². The van der Waals surface area contributed by atoms with Crippen molar-refractivity contribution >= 4 is 22.7 Å². The molecule has 6 heteroatoms. The van der Waals surface area contributed by atoms with Crippen LogP contribution in [-0.2, 0) is 16.0 Å². The van der Waals surface area contributed by atoms with E-state index in [4.69, 9.17) is 19.9 Å². The molecule has 0 fully saturated rings. The van der Waals surface area contributed by atoms with E-state index in [1.54, 1.807) is 0 Å². The number of benzene rings is 2. The number of ether oxygens (including phenoxy) is 3. The SMILES string of the molecule is CCCCCCCC(=O)Oc1c2c(c3ccccc3c1OC(=O)CN)OC(C)(C)CC2. The van der Waals surface area contributed by atoms with E-state index < -0.39 is 5.97 Å². The average molecular weight is 428 g/mol. The molecule has 0 radical (unpaired) electrons. The molecule has 0 amide bonds. The quantitative estimate of drug-likeness (QED) is 0.341. The van der Waals surface area contributed by atoms with E-state index >= 15 is 0 Å². The summed E-state index contributed by atoms with van der Waals surface area (Å²) < 4.78 is 17.7. The molecule has 0 aliphatic carbocycles. The molecule has 0 atom stereocenters. The predicted octanol–water partition coefficient (Wildman–Crippen LogP) is 5.07. The first-order chi connectivity index (χ1) is 14.9. The van der Waals surface area contributed by atoms with E-state index in [0.29, 0.717) is 24.0 Å². The molecule has 6 nitrogen and oxygen atoms in total. The molecule has 0 bridgehead atoms. The molecule has 2 N–H and O–H groups in total. The first kappa shape index (κ1) is 23.1. The van der Waals surface area contributed by atoms with Gasteiger partial charge in [-0.1, -0.05) is 56.9 Å². The van der Waals surface area contributed by atoms with Crippen LogP contribution in [0.5, 0.6) is 17.2 Å². The first-order valence-electron chi connectivity index (χ1n) is 11.2. The lowest BCUT2D eigenvalue weighted by Crippen LogP contribution is -2.33. The molecule has 168 valence electrons. The van der Waals surface area contributed by atoms with Gasteiger partial charge in [-0.3, -0.25) is 9.59 Å². The lowest BCUT2D eigenvalue weighted by Gasteiger charge is -2.34. The third kappa shape index (κ3) is 5.56. The molecule has 1 heterocycles. The Labute approximate surface area is 184 Å². The summed E-state index contributed by atoms with van der Waals surface area (Å²) in [5, 5.41) is 1.48. The number of carbonyl (C=O) groups is 2. The molecule has 0 aromatic heterocycles. The van der Waals surface area contributed by atoms with Crippen LogP contribution in [0, 0.1) is 0 Å². The Bertz CT molecular complexity index is 951. The summed E-state index contributed by atoms with van der Waals surface area (Å²) in [6.45, 7) is 5.97. The number of rotatable bonds is 9. The fourth-order valence-electron chi connectivity index (χ4n) is 3.90. The Morgan fingerprint density at radius 2 is 1.68 bits per heavy atom. The molecule has 0 spiro atoms. The smallest absolute Gasteiger partial charge is 0.325 e. The fourth-order valence-corrected chi connectivity index (χ4v) is 3.90. The van der Waals surface area contributed by atoms with E-state index in [2.05, 4.69) is 6.92 Å². The van der Waals surface area contributed by atoms with Crippen molar-refractivity contribution in [2.24, 2.45) is 5.73 Å². The Morgan fingerprint density at radius 3 is 2.39 bits per heavy atom. The van der Waals surface area contributed by atoms with Crippen LogP contribution >= 0.6 is 0 Å². The number of fused-ring (bicyclic) bond motifs is 3. The van der Waals surface area contributed by atoms with Crippen LogP contribution in [0.15, 0.2) is 24.3 Å². The zero-order valence-electron chi connectivity index (χ0n) is 18.8. The highest BCUT2D eigenvalue weighted by Gasteiger charge is 2.34. The number of unbranched alkanes of at least 4 members (excludes halogenated alkanes) is 4.